The summed E-state index contributed by atoms with van der Waals surface area (Å²) in [6.07, 6.45) is 4.24. The van der Waals surface area contributed by atoms with Crippen LogP contribution in [0.2, 0.25) is 0 Å². The lowest BCUT2D eigenvalue weighted by atomic mass is 10.1. The van der Waals surface area contributed by atoms with Gasteiger partial charge in [-0.15, -0.1) is 0 Å². The summed E-state index contributed by atoms with van der Waals surface area (Å²) in [5.74, 6) is 2.95. The van der Waals surface area contributed by atoms with E-state index in [2.05, 4.69) is 42.6 Å². The molecule has 0 bridgehead atoms. The molecule has 2 aromatic heterocycles. The molecule has 30 heavy (non-hydrogen) atoms. The minimum Gasteiger partial charge on any atom is -0.461 e. The first-order valence-electron chi connectivity index (χ1n) is 10.5. The Morgan fingerprint density at radius 2 is 2.20 bits per heavy atom. The van der Waals surface area contributed by atoms with Crippen molar-refractivity contribution in [3.63, 3.8) is 0 Å². The molecule has 1 aliphatic rings. The first-order valence-corrected chi connectivity index (χ1v) is 10.5. The molecule has 10 heteroatoms. The number of amides is 1. The summed E-state index contributed by atoms with van der Waals surface area (Å²) in [5.41, 5.74) is 0. The van der Waals surface area contributed by atoms with E-state index in [0.29, 0.717) is 37.1 Å². The molecule has 0 aliphatic carbocycles. The third-order valence-electron chi connectivity index (χ3n) is 5.02. The van der Waals surface area contributed by atoms with Gasteiger partial charge in [-0.1, -0.05) is 0 Å². The fraction of sp³-hybridized carbons (Fsp3) is 0.600. The lowest BCUT2D eigenvalue weighted by Gasteiger charge is -2.33. The summed E-state index contributed by atoms with van der Waals surface area (Å²) in [4.78, 5) is 24.9. The summed E-state index contributed by atoms with van der Waals surface area (Å²) < 4.78 is 5.32. The van der Waals surface area contributed by atoms with Gasteiger partial charge in [-0.2, -0.15) is 5.10 Å². The van der Waals surface area contributed by atoms with E-state index >= 15 is 0 Å². The highest BCUT2D eigenvalue weighted by Gasteiger charge is 2.22. The molecule has 164 valence electrons. The maximum absolute atomic E-state index is 11.9. The smallest absolute Gasteiger partial charge is 0.236 e. The van der Waals surface area contributed by atoms with E-state index < -0.39 is 0 Å². The largest absolute Gasteiger partial charge is 0.461 e. The average molecular weight is 417 g/mol. The summed E-state index contributed by atoms with van der Waals surface area (Å²) in [7, 11) is 3.60. The highest BCUT2D eigenvalue weighted by atomic mass is 16.3. The van der Waals surface area contributed by atoms with Crippen molar-refractivity contribution in [1.29, 1.82) is 0 Å². The van der Waals surface area contributed by atoms with E-state index in [-0.39, 0.29) is 5.91 Å². The molecule has 3 N–H and O–H groups in total. The van der Waals surface area contributed by atoms with Crippen molar-refractivity contribution in [3.05, 3.63) is 24.2 Å². The van der Waals surface area contributed by atoms with Gasteiger partial charge >= 0.3 is 0 Å². The third kappa shape index (κ3) is 6.31. The number of hydrogen-bond acceptors (Lipinski definition) is 6. The van der Waals surface area contributed by atoms with Gasteiger partial charge in [0, 0.05) is 52.7 Å². The number of nitrogens with one attached hydrogen (secondary N) is 3. The van der Waals surface area contributed by atoms with Crippen molar-refractivity contribution in [2.75, 3.05) is 46.8 Å². The monoisotopic (exact) mass is 416 g/mol. The molecule has 0 saturated carbocycles. The lowest BCUT2D eigenvalue weighted by Crippen LogP contribution is -2.50. The Morgan fingerprint density at radius 1 is 1.40 bits per heavy atom. The number of nitrogens with zero attached hydrogens (tertiary/aromatic N) is 5. The van der Waals surface area contributed by atoms with Gasteiger partial charge in [-0.3, -0.25) is 19.8 Å². The molecular weight excluding hydrogens is 384 g/mol. The standard InChI is InChI=1S/C20H32N8O2/c1-4-21-20(23-15-8-11-28(12-9-15)14-18(29)27(2)3)22-10-7-17-24-19(26-25-17)16-6-5-13-30-16/h5-6,13,15H,4,7-12,14H2,1-3H3,(H2,21,22,23)(H,24,25,26). The highest BCUT2D eigenvalue weighted by molar-refractivity contribution is 5.80. The number of guanidine groups is 1. The normalized spacial score (nSPS) is 15.9. The second-order valence-corrected chi connectivity index (χ2v) is 7.58. The van der Waals surface area contributed by atoms with Crippen LogP contribution in [0, 0.1) is 0 Å². The topological polar surface area (TPSA) is 115 Å². The first-order chi connectivity index (χ1) is 14.5. The number of piperidine rings is 1. The van der Waals surface area contributed by atoms with Crippen molar-refractivity contribution in [3.8, 4) is 11.6 Å². The zero-order valence-corrected chi connectivity index (χ0v) is 18.0. The Bertz CT molecular complexity index is 807. The Labute approximate surface area is 177 Å². The Morgan fingerprint density at radius 3 is 2.87 bits per heavy atom. The quantitative estimate of drug-likeness (QED) is 0.429. The molecule has 2 aromatic rings. The van der Waals surface area contributed by atoms with Gasteiger partial charge in [0.2, 0.25) is 11.7 Å². The molecule has 1 saturated heterocycles. The van der Waals surface area contributed by atoms with Gasteiger partial charge in [-0.05, 0) is 31.9 Å². The van der Waals surface area contributed by atoms with Crippen molar-refractivity contribution in [2.45, 2.75) is 32.2 Å². The maximum atomic E-state index is 11.9. The number of aliphatic imine (C=N–C) groups is 1. The minimum atomic E-state index is 0.152. The molecule has 1 fully saturated rings. The maximum Gasteiger partial charge on any atom is 0.236 e. The van der Waals surface area contributed by atoms with Gasteiger partial charge in [0.05, 0.1) is 12.8 Å². The van der Waals surface area contributed by atoms with Crippen LogP contribution in [0.3, 0.4) is 0 Å². The summed E-state index contributed by atoms with van der Waals surface area (Å²) in [5, 5.41) is 14.0. The fourth-order valence-corrected chi connectivity index (χ4v) is 3.28. The fourth-order valence-electron chi connectivity index (χ4n) is 3.28. The van der Waals surface area contributed by atoms with Crippen LogP contribution in [0.4, 0.5) is 0 Å². The molecule has 0 unspecified atom stereocenters. The molecule has 0 spiro atoms. The summed E-state index contributed by atoms with van der Waals surface area (Å²) in [6, 6.07) is 4.00. The molecule has 1 amide bonds. The molecule has 10 nitrogen and oxygen atoms in total. The van der Waals surface area contributed by atoms with Crippen molar-refractivity contribution >= 4 is 11.9 Å². The van der Waals surface area contributed by atoms with Gasteiger partial charge < -0.3 is 20.0 Å². The van der Waals surface area contributed by atoms with Crippen LogP contribution in [0.25, 0.3) is 11.6 Å². The third-order valence-corrected chi connectivity index (χ3v) is 5.02. The Balaban J connectivity index is 1.45. The van der Waals surface area contributed by atoms with E-state index in [1.54, 1.807) is 25.3 Å². The zero-order chi connectivity index (χ0) is 21.3. The van der Waals surface area contributed by atoms with Crippen molar-refractivity contribution in [1.82, 2.24) is 35.6 Å². The van der Waals surface area contributed by atoms with Crippen LogP contribution in [0.5, 0.6) is 0 Å². The Kier molecular flexibility index (Phi) is 7.83. The van der Waals surface area contributed by atoms with Crippen LogP contribution in [0.15, 0.2) is 27.8 Å². The lowest BCUT2D eigenvalue weighted by molar-refractivity contribution is -0.130. The Hall–Kier alpha value is -2.88. The zero-order valence-electron chi connectivity index (χ0n) is 18.0. The number of H-pyrrole nitrogens is 1. The van der Waals surface area contributed by atoms with E-state index in [1.807, 2.05) is 12.1 Å². The number of carbonyl (C=O) groups excluding carboxylic acids is 1. The second kappa shape index (κ2) is 10.8. The summed E-state index contributed by atoms with van der Waals surface area (Å²) in [6.45, 7) is 5.75. The van der Waals surface area contributed by atoms with Gasteiger partial charge in [0.1, 0.15) is 5.82 Å². The van der Waals surface area contributed by atoms with E-state index in [4.69, 9.17) is 4.42 Å². The average Bonchev–Trinajstić information content (AvgIpc) is 3.41. The van der Waals surface area contributed by atoms with Crippen LogP contribution >= 0.6 is 0 Å². The van der Waals surface area contributed by atoms with E-state index in [1.165, 1.54) is 0 Å². The number of furan rings is 1. The van der Waals surface area contributed by atoms with Crippen LogP contribution in [-0.4, -0.2) is 89.7 Å². The van der Waals surface area contributed by atoms with Gasteiger partial charge in [0.25, 0.3) is 0 Å². The highest BCUT2D eigenvalue weighted by Crippen LogP contribution is 2.14. The molecule has 0 radical (unpaired) electrons. The number of likely N-dealkylation sites (N-methyl/N-ethyl adjacent to an activating group) is 1. The minimum absolute atomic E-state index is 0.152. The van der Waals surface area contributed by atoms with Crippen molar-refractivity contribution in [2.24, 2.45) is 4.99 Å². The van der Waals surface area contributed by atoms with Crippen LogP contribution < -0.4 is 10.6 Å². The van der Waals surface area contributed by atoms with Crippen molar-refractivity contribution < 1.29 is 9.21 Å². The summed E-state index contributed by atoms with van der Waals surface area (Å²) >= 11 is 0. The molecule has 0 atom stereocenters. The van der Waals surface area contributed by atoms with Gasteiger partial charge in [0.15, 0.2) is 11.7 Å². The molecule has 0 aromatic carbocycles. The number of aromatic nitrogens is 3. The number of aromatic amines is 1. The number of hydrogen-bond donors (Lipinski definition) is 3. The molecular formula is C20H32N8O2. The first kappa shape index (κ1) is 21.8. The van der Waals surface area contributed by atoms with Gasteiger partial charge in [-0.25, -0.2) is 4.98 Å². The predicted molar refractivity (Wildman–Crippen MR) is 115 cm³/mol. The van der Waals surface area contributed by atoms with Crippen LogP contribution in [-0.2, 0) is 11.2 Å². The van der Waals surface area contributed by atoms with E-state index in [9.17, 15) is 4.79 Å². The second-order valence-electron chi connectivity index (χ2n) is 7.58. The number of rotatable bonds is 8. The SMILES string of the molecule is CCNC(=NCCc1nc(-c2ccco2)n[nH]1)NC1CCN(CC(=O)N(C)C)CC1. The molecule has 3 heterocycles. The van der Waals surface area contributed by atoms with E-state index in [0.717, 1.165) is 44.3 Å². The molecule has 3 rings (SSSR count). The van der Waals surface area contributed by atoms with Crippen LogP contribution in [0.1, 0.15) is 25.6 Å². The predicted octanol–water partition coefficient (Wildman–Crippen LogP) is 0.715. The number of likely N-dealkylation sites (tertiary alicyclic amines) is 1. The number of carbonyl (C=O) groups is 1. The molecule has 1 aliphatic heterocycles.